The van der Waals surface area contributed by atoms with Gasteiger partial charge in [0, 0.05) is 16.5 Å². The molecule has 0 radical (unpaired) electrons. The second kappa shape index (κ2) is 7.58. The molecule has 138 valence electrons. The minimum absolute atomic E-state index is 0.364. The molecule has 1 aliphatic rings. The largest absolute Gasteiger partial charge is 0.323 e. The zero-order chi connectivity index (χ0) is 19.5. The summed E-state index contributed by atoms with van der Waals surface area (Å²) in [6.45, 7) is 0. The van der Waals surface area contributed by atoms with Gasteiger partial charge >= 0.3 is 0 Å². The molecule has 0 saturated carbocycles. The number of hydrogen-bond donors (Lipinski definition) is 2. The van der Waals surface area contributed by atoms with E-state index in [0.29, 0.717) is 22.5 Å². The minimum atomic E-state index is -1.38. The smallest absolute Gasteiger partial charge is 0.261 e. The van der Waals surface area contributed by atoms with Crippen LogP contribution in [0.15, 0.2) is 76.4 Å². The van der Waals surface area contributed by atoms with Gasteiger partial charge in [0.15, 0.2) is 0 Å². The summed E-state index contributed by atoms with van der Waals surface area (Å²) in [6, 6.07) is 16.7. The molecule has 4 rings (SSSR count). The van der Waals surface area contributed by atoms with Crippen LogP contribution in [-0.2, 0) is 9.59 Å². The summed E-state index contributed by atoms with van der Waals surface area (Å²) in [6.07, 6.45) is 0. The predicted octanol–water partition coefficient (Wildman–Crippen LogP) is 2.86. The highest BCUT2D eigenvalue weighted by Crippen LogP contribution is 2.24. The number of nitrogens with zero attached hydrogens (tertiary/aromatic N) is 1. The third-order valence-electron chi connectivity index (χ3n) is 4.26. The highest BCUT2D eigenvalue weighted by atomic mass is 32.1. The van der Waals surface area contributed by atoms with Crippen molar-refractivity contribution in [3.05, 3.63) is 88.1 Å². The number of hydrogen-bond acceptors (Lipinski definition) is 5. The van der Waals surface area contributed by atoms with E-state index in [4.69, 9.17) is 0 Å². The summed E-state index contributed by atoms with van der Waals surface area (Å²) in [4.78, 5) is 42.0. The van der Waals surface area contributed by atoms with Crippen LogP contribution >= 0.6 is 11.3 Å². The topological polar surface area (TPSA) is 87.6 Å². The Balaban J connectivity index is 1.72. The lowest BCUT2D eigenvalue weighted by Gasteiger charge is -2.10. The summed E-state index contributed by atoms with van der Waals surface area (Å²) < 4.78 is 0. The van der Waals surface area contributed by atoms with Gasteiger partial charge < -0.3 is 5.32 Å². The summed E-state index contributed by atoms with van der Waals surface area (Å²) >= 11 is 1.34. The second-order valence-electron chi connectivity index (χ2n) is 6.11. The molecule has 2 heterocycles. The lowest BCUT2D eigenvalue weighted by molar-refractivity contribution is -0.127. The molecule has 1 unspecified atom stereocenters. The molecular formula is C21H15N3O3S. The van der Waals surface area contributed by atoms with Gasteiger partial charge in [-0.25, -0.2) is 0 Å². The number of benzene rings is 2. The normalized spacial score (nSPS) is 15.6. The molecule has 3 aromatic rings. The summed E-state index contributed by atoms with van der Waals surface area (Å²) in [5.41, 5.74) is 2.92. The predicted molar refractivity (Wildman–Crippen MR) is 108 cm³/mol. The van der Waals surface area contributed by atoms with E-state index in [9.17, 15) is 14.4 Å². The van der Waals surface area contributed by atoms with Crippen molar-refractivity contribution in [2.45, 2.75) is 6.04 Å². The lowest BCUT2D eigenvalue weighted by Crippen LogP contribution is -2.43. The van der Waals surface area contributed by atoms with Crippen molar-refractivity contribution >= 4 is 40.5 Å². The van der Waals surface area contributed by atoms with Crippen molar-refractivity contribution in [1.82, 2.24) is 5.32 Å². The SMILES string of the molecule is O=C(NC(=O)C1N=C(c2ccccc2)c2ccccc2NC1=O)c1ccsc1. The van der Waals surface area contributed by atoms with E-state index in [2.05, 4.69) is 15.6 Å². The Morgan fingerprint density at radius 1 is 1.00 bits per heavy atom. The molecule has 6 nitrogen and oxygen atoms in total. The molecular weight excluding hydrogens is 374 g/mol. The van der Waals surface area contributed by atoms with E-state index in [1.165, 1.54) is 11.3 Å². The molecule has 0 saturated heterocycles. The molecule has 2 N–H and O–H groups in total. The Hall–Kier alpha value is -3.58. The lowest BCUT2D eigenvalue weighted by atomic mass is 10.0. The maximum absolute atomic E-state index is 12.7. The van der Waals surface area contributed by atoms with Gasteiger partial charge in [-0.3, -0.25) is 24.7 Å². The Morgan fingerprint density at radius 2 is 1.75 bits per heavy atom. The molecule has 1 aliphatic heterocycles. The average Bonchev–Trinajstić information content (AvgIpc) is 3.20. The fraction of sp³-hybridized carbons (Fsp3) is 0.0476. The van der Waals surface area contributed by atoms with E-state index in [1.807, 2.05) is 42.5 Å². The highest BCUT2D eigenvalue weighted by molar-refractivity contribution is 7.08. The summed E-state index contributed by atoms with van der Waals surface area (Å²) in [5.74, 6) is -1.92. The number of nitrogens with one attached hydrogen (secondary N) is 2. The maximum atomic E-state index is 12.7. The first-order valence-electron chi connectivity index (χ1n) is 8.54. The van der Waals surface area contributed by atoms with Gasteiger partial charge in [-0.1, -0.05) is 48.5 Å². The molecule has 0 aliphatic carbocycles. The number of fused-ring (bicyclic) bond motifs is 1. The Labute approximate surface area is 164 Å². The van der Waals surface area contributed by atoms with Crippen molar-refractivity contribution in [2.75, 3.05) is 5.32 Å². The number of anilines is 1. The fourth-order valence-corrected chi connectivity index (χ4v) is 3.54. The van der Waals surface area contributed by atoms with Gasteiger partial charge in [-0.2, -0.15) is 11.3 Å². The van der Waals surface area contributed by atoms with Crippen LogP contribution in [-0.4, -0.2) is 29.5 Å². The van der Waals surface area contributed by atoms with Crippen LogP contribution in [0, 0.1) is 0 Å². The van der Waals surface area contributed by atoms with E-state index in [0.717, 1.165) is 5.56 Å². The Morgan fingerprint density at radius 3 is 2.50 bits per heavy atom. The van der Waals surface area contributed by atoms with Gasteiger partial charge in [-0.15, -0.1) is 0 Å². The van der Waals surface area contributed by atoms with Crippen LogP contribution in [0.25, 0.3) is 0 Å². The van der Waals surface area contributed by atoms with E-state index in [-0.39, 0.29) is 0 Å². The van der Waals surface area contributed by atoms with E-state index < -0.39 is 23.8 Å². The standard InChI is InChI=1S/C21H15N3O3S/c25-19(14-10-11-28-12-14)24-21(27)18-20(26)22-16-9-5-4-8-15(16)17(23-18)13-6-2-1-3-7-13/h1-12,18H,(H,22,26)(H,24,25,27). The van der Waals surface area contributed by atoms with Crippen molar-refractivity contribution < 1.29 is 14.4 Å². The molecule has 2 aromatic carbocycles. The highest BCUT2D eigenvalue weighted by Gasteiger charge is 2.32. The van der Waals surface area contributed by atoms with Gasteiger partial charge in [0.05, 0.1) is 17.0 Å². The number of para-hydroxylation sites is 1. The summed E-state index contributed by atoms with van der Waals surface area (Å²) in [5, 5.41) is 8.37. The van der Waals surface area contributed by atoms with Crippen LogP contribution in [0.1, 0.15) is 21.5 Å². The number of rotatable bonds is 3. The van der Waals surface area contributed by atoms with Crippen LogP contribution in [0.5, 0.6) is 0 Å². The molecule has 0 fully saturated rings. The number of carbonyl (C=O) groups is 3. The number of benzodiazepines with no additional fused rings is 1. The van der Waals surface area contributed by atoms with Gasteiger partial charge in [-0.05, 0) is 17.5 Å². The van der Waals surface area contributed by atoms with E-state index >= 15 is 0 Å². The number of aliphatic imine (C=N–C) groups is 1. The first-order valence-corrected chi connectivity index (χ1v) is 9.48. The van der Waals surface area contributed by atoms with Crippen molar-refractivity contribution in [2.24, 2.45) is 4.99 Å². The third kappa shape index (κ3) is 3.47. The number of thiophene rings is 1. The zero-order valence-corrected chi connectivity index (χ0v) is 15.4. The quantitative estimate of drug-likeness (QED) is 0.533. The molecule has 1 aromatic heterocycles. The minimum Gasteiger partial charge on any atom is -0.323 e. The van der Waals surface area contributed by atoms with Gasteiger partial charge in [0.25, 0.3) is 17.7 Å². The van der Waals surface area contributed by atoms with E-state index in [1.54, 1.807) is 29.0 Å². The molecule has 0 bridgehead atoms. The van der Waals surface area contributed by atoms with Crippen LogP contribution < -0.4 is 10.6 Å². The van der Waals surface area contributed by atoms with Crippen LogP contribution in [0.4, 0.5) is 5.69 Å². The van der Waals surface area contributed by atoms with Crippen molar-refractivity contribution in [3.63, 3.8) is 0 Å². The molecule has 28 heavy (non-hydrogen) atoms. The van der Waals surface area contributed by atoms with Gasteiger partial charge in [0.2, 0.25) is 6.04 Å². The Bertz CT molecular complexity index is 1080. The molecule has 7 heteroatoms. The Kier molecular flexibility index (Phi) is 4.82. The van der Waals surface area contributed by atoms with Crippen LogP contribution in [0.2, 0.25) is 0 Å². The number of carbonyl (C=O) groups excluding carboxylic acids is 3. The van der Waals surface area contributed by atoms with Crippen molar-refractivity contribution in [3.8, 4) is 0 Å². The third-order valence-corrected chi connectivity index (χ3v) is 4.95. The molecule has 0 spiro atoms. The number of imide groups is 1. The molecule has 3 amide bonds. The van der Waals surface area contributed by atoms with Gasteiger partial charge in [0.1, 0.15) is 0 Å². The summed E-state index contributed by atoms with van der Waals surface area (Å²) in [7, 11) is 0. The maximum Gasteiger partial charge on any atom is 0.261 e. The monoisotopic (exact) mass is 389 g/mol. The van der Waals surface area contributed by atoms with Crippen molar-refractivity contribution in [1.29, 1.82) is 0 Å². The molecule has 1 atom stereocenters. The number of amides is 3. The fourth-order valence-electron chi connectivity index (χ4n) is 2.91. The first kappa shape index (κ1) is 17.8. The average molecular weight is 389 g/mol. The second-order valence-corrected chi connectivity index (χ2v) is 6.89. The first-order chi connectivity index (χ1) is 13.6. The zero-order valence-electron chi connectivity index (χ0n) is 14.6. The van der Waals surface area contributed by atoms with Crippen LogP contribution in [0.3, 0.4) is 0 Å².